The Morgan fingerprint density at radius 3 is 1.85 bits per heavy atom. The predicted octanol–water partition coefficient (Wildman–Crippen LogP) is 5.38. The van der Waals surface area contributed by atoms with E-state index >= 15 is 0 Å². The Kier molecular flexibility index (Phi) is 11.8. The van der Waals surface area contributed by atoms with E-state index in [4.69, 9.17) is 19.5 Å². The molecule has 3 aromatic carbocycles. The smallest absolute Gasteiger partial charge is 0.466 e. The highest BCUT2D eigenvalue weighted by molar-refractivity contribution is 6.60. The molecule has 2 N–H and O–H groups in total. The molecule has 0 aliphatic heterocycles. The molecular formula is C36H38BFO9. The van der Waals surface area contributed by atoms with Crippen LogP contribution in [-0.2, 0) is 19.0 Å². The Hall–Kier alpha value is -4.87. The van der Waals surface area contributed by atoms with Crippen LogP contribution in [0, 0.1) is 5.82 Å². The lowest BCUT2D eigenvalue weighted by Crippen LogP contribution is -2.36. The Morgan fingerprint density at radius 2 is 1.30 bits per heavy atom. The highest BCUT2D eigenvalue weighted by Gasteiger charge is 2.25. The number of benzene rings is 3. The van der Waals surface area contributed by atoms with Crippen LogP contribution < -0.4 is 5.46 Å². The Bertz CT molecular complexity index is 1730. The van der Waals surface area contributed by atoms with Gasteiger partial charge in [-0.05, 0) is 94.9 Å². The minimum absolute atomic E-state index is 0.118. The first-order chi connectivity index (χ1) is 21.9. The summed E-state index contributed by atoms with van der Waals surface area (Å²) in [7, 11) is -0.417. The number of Topliss-reactive ketones (excluding diaryl/α,β-unsaturated/α-hetero) is 1. The average molecular weight is 645 g/mol. The van der Waals surface area contributed by atoms with Crippen molar-refractivity contribution in [3.8, 4) is 11.1 Å². The van der Waals surface area contributed by atoms with Crippen molar-refractivity contribution < 1.29 is 47.8 Å². The van der Waals surface area contributed by atoms with Gasteiger partial charge in [-0.3, -0.25) is 4.79 Å². The fraction of sp³-hybridized carbons (Fsp3) is 0.278. The van der Waals surface area contributed by atoms with Crippen molar-refractivity contribution >= 4 is 36.3 Å². The van der Waals surface area contributed by atoms with Gasteiger partial charge in [0.15, 0.2) is 5.78 Å². The van der Waals surface area contributed by atoms with Crippen LogP contribution >= 0.6 is 0 Å². The molecule has 0 bridgehead atoms. The highest BCUT2D eigenvalue weighted by atomic mass is 19.1. The number of hydrogen-bond acceptors (Lipinski definition) is 9. The fourth-order valence-corrected chi connectivity index (χ4v) is 4.47. The second-order valence-electron chi connectivity index (χ2n) is 12.6. The molecule has 11 heteroatoms. The number of hydrogen-bond donors (Lipinski definition) is 2. The van der Waals surface area contributed by atoms with Crippen molar-refractivity contribution in [2.24, 2.45) is 0 Å². The molecule has 0 aromatic heterocycles. The van der Waals surface area contributed by atoms with Crippen molar-refractivity contribution in [1.82, 2.24) is 0 Å². The zero-order valence-electron chi connectivity index (χ0n) is 27.4. The summed E-state index contributed by atoms with van der Waals surface area (Å²) in [6, 6.07) is 17.2. The maximum atomic E-state index is 14.9. The molecule has 47 heavy (non-hydrogen) atoms. The molecule has 246 valence electrons. The zero-order valence-corrected chi connectivity index (χ0v) is 27.4. The van der Waals surface area contributed by atoms with Crippen LogP contribution in [0.2, 0.25) is 0 Å². The number of ether oxygens (including phenoxy) is 3. The van der Waals surface area contributed by atoms with E-state index in [1.807, 2.05) is 0 Å². The molecule has 0 amide bonds. The van der Waals surface area contributed by atoms with Crippen LogP contribution in [0.4, 0.5) is 4.39 Å². The molecular weight excluding hydrogens is 606 g/mol. The number of carbonyl (C=O) groups excluding carboxylic acids is 4. The van der Waals surface area contributed by atoms with E-state index in [9.17, 15) is 23.6 Å². The lowest BCUT2D eigenvalue weighted by Gasteiger charge is -2.20. The van der Waals surface area contributed by atoms with Crippen LogP contribution in [0.3, 0.4) is 0 Å². The third kappa shape index (κ3) is 10.1. The van der Waals surface area contributed by atoms with Gasteiger partial charge in [-0.15, -0.1) is 0 Å². The summed E-state index contributed by atoms with van der Waals surface area (Å²) >= 11 is 0. The number of esters is 3. The lowest BCUT2D eigenvalue weighted by atomic mass is 9.77. The Labute approximate surface area is 273 Å². The molecule has 0 saturated carbocycles. The Balaban J connectivity index is 0.000000316. The summed E-state index contributed by atoms with van der Waals surface area (Å²) in [4.78, 5) is 48.7. The number of rotatable bonds is 7. The standard InChI is InChI=1S/C25H23FO5.C11H15BO4/c1-25(2,3)31-24(29)19-8-6-5-7-18(19)15-11-12-20(21(26)14-15)22(27)16-9-10-17(13-16)23(28)30-4;1-11(2,3)16-10(13)8-6-4-5-7-9(8)12(14)15/h5-9,11-14H,10H2,1-4H3;4-7,14-15H,1-3H3. The maximum absolute atomic E-state index is 14.9. The molecule has 0 atom stereocenters. The number of ketones is 1. The molecule has 0 saturated heterocycles. The van der Waals surface area contributed by atoms with Gasteiger partial charge < -0.3 is 24.3 Å². The van der Waals surface area contributed by atoms with Gasteiger partial charge in [-0.1, -0.05) is 48.5 Å². The topological polar surface area (TPSA) is 136 Å². The van der Waals surface area contributed by atoms with E-state index < -0.39 is 47.8 Å². The molecule has 0 fully saturated rings. The summed E-state index contributed by atoms with van der Waals surface area (Å²) in [5.74, 6) is -2.84. The zero-order chi connectivity index (χ0) is 35.1. The average Bonchev–Trinajstić information content (AvgIpc) is 3.49. The molecule has 0 radical (unpaired) electrons. The maximum Gasteiger partial charge on any atom is 0.489 e. The fourth-order valence-electron chi connectivity index (χ4n) is 4.47. The minimum Gasteiger partial charge on any atom is -0.466 e. The van der Waals surface area contributed by atoms with Gasteiger partial charge in [-0.25, -0.2) is 18.8 Å². The van der Waals surface area contributed by atoms with Crippen molar-refractivity contribution in [3.05, 3.63) is 113 Å². The number of carbonyl (C=O) groups is 4. The summed E-state index contributed by atoms with van der Waals surface area (Å²) in [6.45, 7) is 10.6. The summed E-state index contributed by atoms with van der Waals surface area (Å²) in [6.07, 6.45) is 3.25. The van der Waals surface area contributed by atoms with E-state index in [0.29, 0.717) is 22.3 Å². The van der Waals surface area contributed by atoms with Gasteiger partial charge in [-0.2, -0.15) is 0 Å². The van der Waals surface area contributed by atoms with Crippen molar-refractivity contribution in [1.29, 1.82) is 0 Å². The summed E-state index contributed by atoms with van der Waals surface area (Å²) < 4.78 is 30.1. The molecule has 4 rings (SSSR count). The van der Waals surface area contributed by atoms with E-state index in [1.165, 1.54) is 37.5 Å². The third-order valence-electron chi connectivity index (χ3n) is 6.51. The summed E-state index contributed by atoms with van der Waals surface area (Å²) in [5, 5.41) is 18.2. The first-order valence-corrected chi connectivity index (χ1v) is 14.8. The number of allylic oxidation sites excluding steroid dienone is 3. The lowest BCUT2D eigenvalue weighted by molar-refractivity contribution is -0.136. The first kappa shape index (κ1) is 36.6. The van der Waals surface area contributed by atoms with Gasteiger partial charge in [0.1, 0.15) is 17.0 Å². The van der Waals surface area contributed by atoms with Crippen LogP contribution in [0.25, 0.3) is 11.1 Å². The molecule has 1 aliphatic rings. The quantitative estimate of drug-likeness (QED) is 0.150. The Morgan fingerprint density at radius 1 is 0.745 bits per heavy atom. The van der Waals surface area contributed by atoms with Gasteiger partial charge in [0.05, 0.1) is 23.8 Å². The van der Waals surface area contributed by atoms with E-state index in [0.717, 1.165) is 0 Å². The van der Waals surface area contributed by atoms with E-state index in [2.05, 4.69) is 4.74 Å². The highest BCUT2D eigenvalue weighted by Crippen LogP contribution is 2.29. The van der Waals surface area contributed by atoms with Crippen LogP contribution in [-0.4, -0.2) is 59.2 Å². The van der Waals surface area contributed by atoms with Gasteiger partial charge >= 0.3 is 25.0 Å². The van der Waals surface area contributed by atoms with Gasteiger partial charge in [0.2, 0.25) is 0 Å². The largest absolute Gasteiger partial charge is 0.489 e. The monoisotopic (exact) mass is 644 g/mol. The molecule has 3 aromatic rings. The molecule has 0 heterocycles. The van der Waals surface area contributed by atoms with Crippen LogP contribution in [0.1, 0.15) is 79.0 Å². The van der Waals surface area contributed by atoms with Crippen molar-refractivity contribution in [3.63, 3.8) is 0 Å². The van der Waals surface area contributed by atoms with Gasteiger partial charge in [0, 0.05) is 11.1 Å². The van der Waals surface area contributed by atoms with E-state index in [1.54, 1.807) is 90.1 Å². The molecule has 1 aliphatic carbocycles. The third-order valence-corrected chi connectivity index (χ3v) is 6.51. The number of halogens is 1. The van der Waals surface area contributed by atoms with Gasteiger partial charge in [0.25, 0.3) is 0 Å². The van der Waals surface area contributed by atoms with Crippen LogP contribution in [0.15, 0.2) is 90.0 Å². The second kappa shape index (κ2) is 15.1. The minimum atomic E-state index is -1.68. The molecule has 0 spiro atoms. The SMILES string of the molecule is CC(C)(C)OC(=O)c1ccccc1B(O)O.COC(=O)C1=CC(C(=O)c2ccc(-c3ccccc3C(=O)OC(C)(C)C)cc2F)=CC1. The summed E-state index contributed by atoms with van der Waals surface area (Å²) in [5.41, 5.74) is 0.762. The molecule has 9 nitrogen and oxygen atoms in total. The van der Waals surface area contributed by atoms with Crippen LogP contribution in [0.5, 0.6) is 0 Å². The predicted molar refractivity (Wildman–Crippen MR) is 176 cm³/mol. The second-order valence-corrected chi connectivity index (χ2v) is 12.6. The number of methoxy groups -OCH3 is 1. The van der Waals surface area contributed by atoms with E-state index in [-0.39, 0.29) is 28.6 Å². The van der Waals surface area contributed by atoms with Crippen molar-refractivity contribution in [2.75, 3.05) is 7.11 Å². The van der Waals surface area contributed by atoms with Crippen molar-refractivity contribution in [2.45, 2.75) is 59.2 Å². The normalized spacial score (nSPS) is 12.6. The molecule has 0 unspecified atom stereocenters. The first-order valence-electron chi connectivity index (χ1n) is 14.8.